The smallest absolute Gasteiger partial charge is 0.244 e. The highest BCUT2D eigenvalue weighted by Gasteiger charge is 2.28. The fourth-order valence-corrected chi connectivity index (χ4v) is 1.31. The first-order valence-electron chi connectivity index (χ1n) is 5.39. The van der Waals surface area contributed by atoms with Crippen molar-refractivity contribution in [2.24, 2.45) is 11.1 Å². The normalized spacial score (nSPS) is 13.0. The minimum atomic E-state index is -0.675. The molecule has 0 bridgehead atoms. The van der Waals surface area contributed by atoms with Crippen molar-refractivity contribution in [1.29, 1.82) is 0 Å². The molecular weight excluding hydrogens is 256 g/mol. The summed E-state index contributed by atoms with van der Waals surface area (Å²) in [5.74, 6) is -0.0227. The van der Waals surface area contributed by atoms with E-state index >= 15 is 0 Å². The second kappa shape index (κ2) is 5.49. The fourth-order valence-electron chi connectivity index (χ4n) is 1.14. The van der Waals surface area contributed by atoms with Gasteiger partial charge in [0, 0.05) is 6.07 Å². The molecule has 1 aromatic heterocycles. The van der Waals surface area contributed by atoms with Crippen molar-refractivity contribution >= 4 is 23.5 Å². The predicted octanol–water partition coefficient (Wildman–Crippen LogP) is 1.45. The molecule has 0 unspecified atom stereocenters. The number of aromatic nitrogens is 2. The highest BCUT2D eigenvalue weighted by molar-refractivity contribution is 6.29. The van der Waals surface area contributed by atoms with Crippen molar-refractivity contribution in [3.63, 3.8) is 0 Å². The van der Waals surface area contributed by atoms with E-state index in [1.54, 1.807) is 0 Å². The van der Waals surface area contributed by atoms with E-state index < -0.39 is 6.04 Å². The highest BCUT2D eigenvalue weighted by atomic mass is 35.5. The average Bonchev–Trinajstić information content (AvgIpc) is 2.25. The largest absolute Gasteiger partial charge is 0.481 e. The van der Waals surface area contributed by atoms with Crippen LogP contribution >= 0.6 is 11.6 Å². The van der Waals surface area contributed by atoms with E-state index in [9.17, 15) is 4.79 Å². The summed E-state index contributed by atoms with van der Waals surface area (Å²) in [4.78, 5) is 19.7. The molecular formula is C11H17ClN4O2. The van der Waals surface area contributed by atoms with Gasteiger partial charge in [-0.2, -0.15) is 4.98 Å². The number of hydrogen-bond donors (Lipinski definition) is 2. The Hall–Kier alpha value is -1.40. The van der Waals surface area contributed by atoms with Crippen molar-refractivity contribution in [3.05, 3.63) is 11.2 Å². The zero-order valence-corrected chi connectivity index (χ0v) is 11.6. The van der Waals surface area contributed by atoms with E-state index in [-0.39, 0.29) is 28.3 Å². The van der Waals surface area contributed by atoms with Gasteiger partial charge in [-0.1, -0.05) is 32.4 Å². The summed E-state index contributed by atoms with van der Waals surface area (Å²) < 4.78 is 4.93. The van der Waals surface area contributed by atoms with Crippen LogP contribution in [0, 0.1) is 5.41 Å². The van der Waals surface area contributed by atoms with Gasteiger partial charge in [0.2, 0.25) is 17.7 Å². The Balaban J connectivity index is 2.85. The van der Waals surface area contributed by atoms with E-state index in [0.29, 0.717) is 0 Å². The zero-order valence-electron chi connectivity index (χ0n) is 10.8. The van der Waals surface area contributed by atoms with Crippen LogP contribution < -0.4 is 15.8 Å². The molecule has 0 radical (unpaired) electrons. The van der Waals surface area contributed by atoms with Crippen molar-refractivity contribution in [3.8, 4) is 5.88 Å². The Bertz CT molecular complexity index is 445. The van der Waals surface area contributed by atoms with Crippen molar-refractivity contribution in [2.75, 3.05) is 12.4 Å². The lowest BCUT2D eigenvalue weighted by molar-refractivity contribution is -0.119. The van der Waals surface area contributed by atoms with Crippen LogP contribution in [0.1, 0.15) is 20.8 Å². The summed E-state index contributed by atoms with van der Waals surface area (Å²) in [6.45, 7) is 5.62. The second-order valence-electron chi connectivity index (χ2n) is 4.89. The third-order valence-electron chi connectivity index (χ3n) is 2.33. The molecule has 1 amide bonds. The third-order valence-corrected chi connectivity index (χ3v) is 2.52. The molecule has 1 heterocycles. The maximum atomic E-state index is 11.9. The molecule has 18 heavy (non-hydrogen) atoms. The van der Waals surface area contributed by atoms with Gasteiger partial charge in [0.15, 0.2) is 0 Å². The first-order chi connectivity index (χ1) is 8.24. The van der Waals surface area contributed by atoms with Gasteiger partial charge in [0.25, 0.3) is 0 Å². The molecule has 0 aromatic carbocycles. The average molecular weight is 273 g/mol. The standard InChI is InChI=1S/C11H17ClN4O2/c1-11(2,3)8(13)9(17)16-10-14-6(12)5-7(15-10)18-4/h5,8H,13H2,1-4H3,(H,14,15,16,17)/t8-/m0/s1. The molecule has 0 aliphatic carbocycles. The van der Waals surface area contributed by atoms with E-state index in [4.69, 9.17) is 22.1 Å². The Kier molecular flexibility index (Phi) is 4.48. The van der Waals surface area contributed by atoms with Gasteiger partial charge >= 0.3 is 0 Å². The number of carbonyl (C=O) groups excluding carboxylic acids is 1. The zero-order chi connectivity index (χ0) is 13.9. The molecule has 7 heteroatoms. The van der Waals surface area contributed by atoms with Gasteiger partial charge in [-0.15, -0.1) is 0 Å². The lowest BCUT2D eigenvalue weighted by Gasteiger charge is -2.25. The number of hydrogen-bond acceptors (Lipinski definition) is 5. The molecule has 0 spiro atoms. The van der Waals surface area contributed by atoms with E-state index in [2.05, 4.69) is 15.3 Å². The number of ether oxygens (including phenoxy) is 1. The first-order valence-corrected chi connectivity index (χ1v) is 5.77. The summed E-state index contributed by atoms with van der Waals surface area (Å²) in [5, 5.41) is 2.70. The highest BCUT2D eigenvalue weighted by Crippen LogP contribution is 2.20. The molecule has 3 N–H and O–H groups in total. The monoisotopic (exact) mass is 272 g/mol. The van der Waals surface area contributed by atoms with Crippen LogP contribution in [0.2, 0.25) is 5.15 Å². The van der Waals surface area contributed by atoms with Crippen LogP contribution in [0.25, 0.3) is 0 Å². The van der Waals surface area contributed by atoms with Crippen molar-refractivity contribution in [1.82, 2.24) is 9.97 Å². The van der Waals surface area contributed by atoms with Gasteiger partial charge < -0.3 is 10.5 Å². The predicted molar refractivity (Wildman–Crippen MR) is 69.7 cm³/mol. The lowest BCUT2D eigenvalue weighted by atomic mass is 9.87. The molecule has 0 aliphatic heterocycles. The number of nitrogens with zero attached hydrogens (tertiary/aromatic N) is 2. The van der Waals surface area contributed by atoms with Crippen molar-refractivity contribution in [2.45, 2.75) is 26.8 Å². The number of nitrogens with one attached hydrogen (secondary N) is 1. The third kappa shape index (κ3) is 3.82. The summed E-state index contributed by atoms with van der Waals surface area (Å²) in [5.41, 5.74) is 5.46. The summed E-state index contributed by atoms with van der Waals surface area (Å²) in [7, 11) is 1.45. The van der Waals surface area contributed by atoms with Crippen LogP contribution in [0.15, 0.2) is 6.07 Å². The van der Waals surface area contributed by atoms with Gasteiger partial charge in [0.1, 0.15) is 5.15 Å². The second-order valence-corrected chi connectivity index (χ2v) is 5.28. The quantitative estimate of drug-likeness (QED) is 0.813. The molecule has 6 nitrogen and oxygen atoms in total. The van der Waals surface area contributed by atoms with Crippen LogP contribution in [-0.4, -0.2) is 29.0 Å². The molecule has 0 fully saturated rings. The van der Waals surface area contributed by atoms with Gasteiger partial charge in [-0.25, -0.2) is 4.98 Å². The number of nitrogens with two attached hydrogens (primary N) is 1. The number of rotatable bonds is 3. The van der Waals surface area contributed by atoms with Crippen molar-refractivity contribution < 1.29 is 9.53 Å². The van der Waals surface area contributed by atoms with E-state index in [1.807, 2.05) is 20.8 Å². The van der Waals surface area contributed by atoms with Crippen LogP contribution in [0.4, 0.5) is 5.95 Å². The molecule has 0 saturated carbocycles. The van der Waals surface area contributed by atoms with Gasteiger partial charge in [0.05, 0.1) is 13.2 Å². The molecule has 1 rings (SSSR count). The minimum absolute atomic E-state index is 0.0732. The summed E-state index contributed by atoms with van der Waals surface area (Å²) in [6, 6.07) is 0.770. The van der Waals surface area contributed by atoms with Gasteiger partial charge in [-0.05, 0) is 5.41 Å². The molecule has 100 valence electrons. The van der Waals surface area contributed by atoms with E-state index in [1.165, 1.54) is 13.2 Å². The van der Waals surface area contributed by atoms with E-state index in [0.717, 1.165) is 0 Å². The Morgan fingerprint density at radius 2 is 2.11 bits per heavy atom. The van der Waals surface area contributed by atoms with Crippen LogP contribution in [0.5, 0.6) is 5.88 Å². The number of anilines is 1. The SMILES string of the molecule is COc1cc(Cl)nc(NC(=O)[C@H](N)C(C)(C)C)n1. The number of amides is 1. The summed E-state index contributed by atoms with van der Waals surface area (Å²) in [6.07, 6.45) is 0. The number of carbonyl (C=O) groups is 1. The first kappa shape index (κ1) is 14.7. The Morgan fingerprint density at radius 3 is 2.61 bits per heavy atom. The number of methoxy groups -OCH3 is 1. The topological polar surface area (TPSA) is 90.1 Å². The van der Waals surface area contributed by atoms with Crippen LogP contribution in [0.3, 0.4) is 0 Å². The van der Waals surface area contributed by atoms with Crippen LogP contribution in [-0.2, 0) is 4.79 Å². The Morgan fingerprint density at radius 1 is 1.50 bits per heavy atom. The molecule has 0 aliphatic rings. The van der Waals surface area contributed by atoms with Gasteiger partial charge in [-0.3, -0.25) is 10.1 Å². The Labute approximate surface area is 111 Å². The number of halogens is 1. The summed E-state index contributed by atoms with van der Waals surface area (Å²) >= 11 is 5.77. The fraction of sp³-hybridized carbons (Fsp3) is 0.545. The molecule has 0 saturated heterocycles. The minimum Gasteiger partial charge on any atom is -0.481 e. The lowest BCUT2D eigenvalue weighted by Crippen LogP contribution is -2.45. The molecule has 1 aromatic rings. The molecule has 1 atom stereocenters. The maximum absolute atomic E-state index is 11.9. The maximum Gasteiger partial charge on any atom is 0.244 e.